The molecule has 0 amide bonds. The average molecular weight is 145 g/mol. The fourth-order valence-electron chi connectivity index (χ4n) is 0.565. The fraction of sp³-hybridized carbons (Fsp3) is 0.857. The average Bonchev–Trinajstić information content (AvgIpc) is 1.82. The van der Waals surface area contributed by atoms with Crippen LogP contribution in [-0.2, 0) is 14.6 Å². The highest BCUT2D eigenvalue weighted by Crippen LogP contribution is 1.97. The molecule has 0 heterocycles. The highest BCUT2D eigenvalue weighted by atomic mass is 16.6. The lowest BCUT2D eigenvalue weighted by Gasteiger charge is -2.03. The highest BCUT2D eigenvalue weighted by molar-refractivity contribution is 5.69. The lowest BCUT2D eigenvalue weighted by molar-refractivity contribution is -0.174. The van der Waals surface area contributed by atoms with Gasteiger partial charge in [0.25, 0.3) is 0 Å². The normalized spacial score (nSPS) is 12.7. The molecule has 0 spiro atoms. The Balaban J connectivity index is 3.26. The van der Waals surface area contributed by atoms with Gasteiger partial charge in [-0.15, -0.1) is 0 Å². The van der Waals surface area contributed by atoms with Crippen LogP contribution < -0.4 is 0 Å². The Labute approximate surface area is 61.0 Å². The minimum atomic E-state index is -1.22. The molecule has 0 aliphatic heterocycles. The van der Waals surface area contributed by atoms with Crippen LogP contribution >= 0.6 is 0 Å². The van der Waals surface area contributed by atoms with Crippen molar-refractivity contribution in [2.75, 3.05) is 0 Å². The minimum Gasteiger partial charge on any atom is -0.433 e. The molecule has 0 aromatic carbocycles. The van der Waals surface area contributed by atoms with Gasteiger partial charge in [-0.05, 0) is 6.42 Å². The van der Waals surface area contributed by atoms with Gasteiger partial charge in [0.05, 0.1) is 0 Å². The van der Waals surface area contributed by atoms with Gasteiger partial charge in [0.1, 0.15) is 0 Å². The molecular formula is C7H13O3. The summed E-state index contributed by atoms with van der Waals surface area (Å²) in [5.74, 6) is -0.385. The zero-order valence-electron chi connectivity index (χ0n) is 6.42. The second-order valence-corrected chi connectivity index (χ2v) is 2.16. The third-order valence-corrected chi connectivity index (χ3v) is 1.03. The molecule has 59 valence electrons. The standard InChI is InChI=1S/C7H13O3/c1-3-4-5-7(9)10-6(2)8/h6H,3-5H2,1-2H3/t6-/m1/s1. The van der Waals surface area contributed by atoms with E-state index in [9.17, 15) is 9.90 Å². The summed E-state index contributed by atoms with van der Waals surface area (Å²) in [6, 6.07) is 0. The van der Waals surface area contributed by atoms with Crippen LogP contribution in [0.4, 0.5) is 0 Å². The van der Waals surface area contributed by atoms with Crippen LogP contribution in [0.15, 0.2) is 0 Å². The second-order valence-electron chi connectivity index (χ2n) is 2.16. The number of hydrogen-bond donors (Lipinski definition) is 0. The molecule has 10 heavy (non-hydrogen) atoms. The summed E-state index contributed by atoms with van der Waals surface area (Å²) in [6.07, 6.45) is 0.890. The summed E-state index contributed by atoms with van der Waals surface area (Å²) in [5, 5.41) is 10.3. The monoisotopic (exact) mass is 145 g/mol. The number of carbonyl (C=O) groups excluding carboxylic acids is 1. The van der Waals surface area contributed by atoms with E-state index in [1.54, 1.807) is 0 Å². The summed E-state index contributed by atoms with van der Waals surface area (Å²) in [6.45, 7) is 3.29. The SMILES string of the molecule is CCCCC(=O)O[C@H](C)[O]. The van der Waals surface area contributed by atoms with E-state index in [0.717, 1.165) is 12.8 Å². The quantitative estimate of drug-likeness (QED) is 0.444. The Hall–Kier alpha value is -0.570. The van der Waals surface area contributed by atoms with Crippen molar-refractivity contribution in [3.8, 4) is 0 Å². The Morgan fingerprint density at radius 3 is 2.60 bits per heavy atom. The third-order valence-electron chi connectivity index (χ3n) is 1.03. The molecule has 0 aliphatic rings. The third kappa shape index (κ3) is 5.56. The molecule has 0 aromatic heterocycles. The fourth-order valence-corrected chi connectivity index (χ4v) is 0.565. The first-order valence-corrected chi connectivity index (χ1v) is 3.52. The molecule has 0 bridgehead atoms. The summed E-state index contributed by atoms with van der Waals surface area (Å²) in [4.78, 5) is 10.6. The van der Waals surface area contributed by atoms with Crippen molar-refractivity contribution in [2.24, 2.45) is 0 Å². The molecule has 0 saturated carbocycles. The summed E-state index contributed by atoms with van der Waals surface area (Å²) in [7, 11) is 0. The van der Waals surface area contributed by atoms with Crippen molar-refractivity contribution >= 4 is 5.97 Å². The summed E-state index contributed by atoms with van der Waals surface area (Å²) >= 11 is 0. The van der Waals surface area contributed by atoms with Crippen LogP contribution in [0.3, 0.4) is 0 Å². The van der Waals surface area contributed by atoms with Crippen LogP contribution in [0.25, 0.3) is 0 Å². The van der Waals surface area contributed by atoms with Gasteiger partial charge in [-0.3, -0.25) is 4.79 Å². The molecule has 0 aliphatic carbocycles. The predicted octanol–water partition coefficient (Wildman–Crippen LogP) is 1.50. The molecule has 0 unspecified atom stereocenters. The largest absolute Gasteiger partial charge is 0.433 e. The topological polar surface area (TPSA) is 46.2 Å². The molecular weight excluding hydrogens is 132 g/mol. The zero-order valence-corrected chi connectivity index (χ0v) is 6.42. The van der Waals surface area contributed by atoms with E-state index in [4.69, 9.17) is 0 Å². The molecule has 0 N–H and O–H groups in total. The predicted molar refractivity (Wildman–Crippen MR) is 35.8 cm³/mol. The first-order chi connectivity index (χ1) is 4.66. The van der Waals surface area contributed by atoms with E-state index >= 15 is 0 Å². The van der Waals surface area contributed by atoms with Crippen LogP contribution in [0, 0.1) is 0 Å². The van der Waals surface area contributed by atoms with Gasteiger partial charge < -0.3 is 4.74 Å². The van der Waals surface area contributed by atoms with E-state index in [-0.39, 0.29) is 5.97 Å². The smallest absolute Gasteiger partial charge is 0.308 e. The van der Waals surface area contributed by atoms with E-state index in [1.165, 1.54) is 6.92 Å². The van der Waals surface area contributed by atoms with Crippen molar-refractivity contribution < 1.29 is 14.6 Å². The highest BCUT2D eigenvalue weighted by Gasteiger charge is 2.05. The van der Waals surface area contributed by atoms with Crippen LogP contribution in [0.2, 0.25) is 0 Å². The Morgan fingerprint density at radius 1 is 1.60 bits per heavy atom. The maximum Gasteiger partial charge on any atom is 0.308 e. The van der Waals surface area contributed by atoms with E-state index in [0.29, 0.717) is 6.42 Å². The second kappa shape index (κ2) is 5.23. The van der Waals surface area contributed by atoms with Gasteiger partial charge in [0.2, 0.25) is 6.29 Å². The van der Waals surface area contributed by atoms with E-state index in [1.807, 2.05) is 6.92 Å². The van der Waals surface area contributed by atoms with Gasteiger partial charge >= 0.3 is 5.97 Å². The number of esters is 1. The number of rotatable bonds is 4. The summed E-state index contributed by atoms with van der Waals surface area (Å²) in [5.41, 5.74) is 0. The van der Waals surface area contributed by atoms with E-state index in [2.05, 4.69) is 4.74 Å². The number of carbonyl (C=O) groups is 1. The molecule has 1 radical (unpaired) electrons. The van der Waals surface area contributed by atoms with Gasteiger partial charge in [-0.1, -0.05) is 13.3 Å². The lowest BCUT2D eigenvalue weighted by atomic mass is 10.2. The van der Waals surface area contributed by atoms with Crippen molar-refractivity contribution in [3.05, 3.63) is 0 Å². The Morgan fingerprint density at radius 2 is 2.20 bits per heavy atom. The molecule has 0 rings (SSSR count). The summed E-state index contributed by atoms with van der Waals surface area (Å²) < 4.78 is 4.36. The van der Waals surface area contributed by atoms with Crippen molar-refractivity contribution in [1.82, 2.24) is 0 Å². The van der Waals surface area contributed by atoms with Crippen LogP contribution in [0.1, 0.15) is 33.1 Å². The lowest BCUT2D eigenvalue weighted by Crippen LogP contribution is -2.11. The van der Waals surface area contributed by atoms with Gasteiger partial charge in [0.15, 0.2) is 0 Å². The van der Waals surface area contributed by atoms with Gasteiger partial charge in [0, 0.05) is 13.3 Å². The molecule has 0 aromatic rings. The number of hydrogen-bond acceptors (Lipinski definition) is 2. The first-order valence-electron chi connectivity index (χ1n) is 3.52. The number of unbranched alkanes of at least 4 members (excludes halogenated alkanes) is 1. The molecule has 1 atom stereocenters. The maximum atomic E-state index is 10.6. The van der Waals surface area contributed by atoms with Gasteiger partial charge in [-0.25, -0.2) is 0 Å². The molecule has 0 saturated heterocycles. The van der Waals surface area contributed by atoms with Crippen LogP contribution in [0.5, 0.6) is 0 Å². The Kier molecular flexibility index (Phi) is 4.94. The molecule has 3 nitrogen and oxygen atoms in total. The maximum absolute atomic E-state index is 10.6. The van der Waals surface area contributed by atoms with Crippen LogP contribution in [-0.4, -0.2) is 12.3 Å². The van der Waals surface area contributed by atoms with Crippen molar-refractivity contribution in [3.63, 3.8) is 0 Å². The van der Waals surface area contributed by atoms with Crippen molar-refractivity contribution in [2.45, 2.75) is 39.4 Å². The zero-order chi connectivity index (χ0) is 7.98. The van der Waals surface area contributed by atoms with Gasteiger partial charge in [-0.2, -0.15) is 5.11 Å². The molecule has 0 fully saturated rings. The minimum absolute atomic E-state index is 0.364. The number of ether oxygens (including phenoxy) is 1. The van der Waals surface area contributed by atoms with E-state index < -0.39 is 6.29 Å². The molecule has 3 heteroatoms. The first kappa shape index (κ1) is 9.43. The Bertz CT molecular complexity index is 99.0. The van der Waals surface area contributed by atoms with Crippen molar-refractivity contribution in [1.29, 1.82) is 0 Å².